The molecule has 4 aromatic rings. The topological polar surface area (TPSA) is 110 Å². The van der Waals surface area contributed by atoms with E-state index < -0.39 is 11.8 Å². The van der Waals surface area contributed by atoms with Gasteiger partial charge in [-0.25, -0.2) is 14.2 Å². The van der Waals surface area contributed by atoms with Crippen molar-refractivity contribution in [1.82, 2.24) is 14.5 Å². The average molecular weight is 571 g/mol. The Morgan fingerprint density at radius 3 is 2.64 bits per heavy atom. The van der Waals surface area contributed by atoms with Crippen LogP contribution < -0.4 is 9.47 Å². The van der Waals surface area contributed by atoms with Crippen molar-refractivity contribution < 1.29 is 28.5 Å². The van der Waals surface area contributed by atoms with Crippen LogP contribution in [0.5, 0.6) is 11.5 Å². The van der Waals surface area contributed by atoms with E-state index in [0.717, 1.165) is 55.8 Å². The number of benzene rings is 3. The predicted molar refractivity (Wildman–Crippen MR) is 152 cm³/mol. The quantitative estimate of drug-likeness (QED) is 0.279. The summed E-state index contributed by atoms with van der Waals surface area (Å²) < 4.78 is 33.4. The zero-order chi connectivity index (χ0) is 29.1. The first-order chi connectivity index (χ1) is 20.4. The van der Waals surface area contributed by atoms with Gasteiger partial charge in [0.2, 0.25) is 0 Å². The summed E-state index contributed by atoms with van der Waals surface area (Å²) >= 11 is 0. The molecule has 0 unspecified atom stereocenters. The highest BCUT2D eigenvalue weighted by atomic mass is 19.1. The molecule has 6 rings (SSSR count). The molecule has 1 aromatic heterocycles. The number of piperidine rings is 1. The first kappa shape index (κ1) is 27.7. The highest BCUT2D eigenvalue weighted by Crippen LogP contribution is 2.27. The molecule has 0 aliphatic carbocycles. The number of hydrogen-bond donors (Lipinski definition) is 1. The van der Waals surface area contributed by atoms with Crippen LogP contribution in [0.15, 0.2) is 60.7 Å². The van der Waals surface area contributed by atoms with Gasteiger partial charge < -0.3 is 23.9 Å². The number of carboxylic acid groups (broad SMARTS) is 1. The number of rotatable bonds is 10. The minimum Gasteiger partial charge on any atom is -0.490 e. The monoisotopic (exact) mass is 570 g/mol. The lowest BCUT2D eigenvalue weighted by Crippen LogP contribution is -2.39. The van der Waals surface area contributed by atoms with E-state index in [9.17, 15) is 19.6 Å². The number of fused-ring (bicyclic) bond motifs is 1. The molecule has 1 N–H and O–H groups in total. The van der Waals surface area contributed by atoms with Gasteiger partial charge in [-0.05, 0) is 61.7 Å². The summed E-state index contributed by atoms with van der Waals surface area (Å²) in [5, 5.41) is 18.8. The van der Waals surface area contributed by atoms with Crippen LogP contribution in [0.25, 0.3) is 11.0 Å². The maximum atomic E-state index is 13.4. The summed E-state index contributed by atoms with van der Waals surface area (Å²) in [7, 11) is 0. The minimum atomic E-state index is -0.953. The Kier molecular flexibility index (Phi) is 8.04. The molecule has 42 heavy (non-hydrogen) atoms. The number of nitrogens with zero attached hydrogens (tertiary/aromatic N) is 4. The molecular formula is C32H31FN4O5. The van der Waals surface area contributed by atoms with E-state index in [1.807, 2.05) is 30.3 Å². The van der Waals surface area contributed by atoms with Gasteiger partial charge in [0.1, 0.15) is 35.9 Å². The summed E-state index contributed by atoms with van der Waals surface area (Å²) in [5.74, 6) is 0.827. The van der Waals surface area contributed by atoms with Gasteiger partial charge in [0.25, 0.3) is 0 Å². The molecule has 0 amide bonds. The maximum absolute atomic E-state index is 13.4. The van der Waals surface area contributed by atoms with Crippen molar-refractivity contribution in [1.29, 1.82) is 5.26 Å². The van der Waals surface area contributed by atoms with E-state index >= 15 is 0 Å². The molecule has 216 valence electrons. The van der Waals surface area contributed by atoms with Crippen molar-refractivity contribution in [3.63, 3.8) is 0 Å². The van der Waals surface area contributed by atoms with Crippen molar-refractivity contribution >= 4 is 17.0 Å². The third-order valence-corrected chi connectivity index (χ3v) is 7.85. The Labute approximate surface area is 242 Å². The fourth-order valence-electron chi connectivity index (χ4n) is 5.42. The first-order valence-electron chi connectivity index (χ1n) is 14.1. The Balaban J connectivity index is 1.06. The lowest BCUT2D eigenvalue weighted by atomic mass is 10.1. The summed E-state index contributed by atoms with van der Waals surface area (Å²) in [5.41, 5.74) is 2.74. The van der Waals surface area contributed by atoms with Crippen LogP contribution >= 0.6 is 0 Å². The molecule has 1 atom stereocenters. The van der Waals surface area contributed by atoms with E-state index in [1.54, 1.807) is 24.3 Å². The molecule has 2 saturated heterocycles. The lowest BCUT2D eigenvalue weighted by Gasteiger charge is -2.32. The van der Waals surface area contributed by atoms with Gasteiger partial charge in [-0.1, -0.05) is 12.1 Å². The summed E-state index contributed by atoms with van der Waals surface area (Å²) in [4.78, 5) is 18.8. The Hall–Kier alpha value is -4.46. The van der Waals surface area contributed by atoms with Gasteiger partial charge in [-0.2, -0.15) is 5.26 Å². The molecular weight excluding hydrogens is 539 g/mol. The maximum Gasteiger partial charge on any atom is 0.335 e. The number of carbonyl (C=O) groups is 1. The summed E-state index contributed by atoms with van der Waals surface area (Å²) in [6.07, 6.45) is 2.86. The normalized spacial score (nSPS) is 17.5. The number of carboxylic acids is 1. The third-order valence-electron chi connectivity index (χ3n) is 7.85. The van der Waals surface area contributed by atoms with E-state index in [-0.39, 0.29) is 29.9 Å². The molecule has 3 aromatic carbocycles. The molecule has 0 radical (unpaired) electrons. The number of imidazole rings is 1. The zero-order valence-corrected chi connectivity index (χ0v) is 23.0. The van der Waals surface area contributed by atoms with Crippen LogP contribution in [0, 0.1) is 17.1 Å². The number of likely N-dealkylation sites (tertiary alicyclic amines) is 1. The smallest absolute Gasteiger partial charge is 0.335 e. The van der Waals surface area contributed by atoms with Crippen LogP contribution in [0.2, 0.25) is 0 Å². The second kappa shape index (κ2) is 12.2. The summed E-state index contributed by atoms with van der Waals surface area (Å²) in [6.45, 7) is 3.91. The Morgan fingerprint density at radius 1 is 1.10 bits per heavy atom. The van der Waals surface area contributed by atoms with Crippen LogP contribution in [-0.4, -0.2) is 57.4 Å². The standard InChI is InChI=1S/C32H31FN4O5/c33-24-6-4-22(23(14-24)17-34)20-41-26-2-1-3-27(16-26)42-25-8-11-36(12-9-25)19-31-35-29-7-5-21(32(38)39)15-30(29)37(31)18-28-10-13-40-28/h1-7,14-16,25,28H,8-13,18-20H2,(H,38,39)/t28-/m0/s1. The SMILES string of the molecule is N#Cc1cc(F)ccc1COc1cccc(OC2CCN(Cc3nc4ccc(C(=O)O)cc4n3C[C@@H]3CCO3)CC2)c1. The fourth-order valence-corrected chi connectivity index (χ4v) is 5.42. The number of halogens is 1. The van der Waals surface area contributed by atoms with Crippen molar-refractivity contribution in [3.8, 4) is 17.6 Å². The van der Waals surface area contributed by atoms with Crippen LogP contribution in [-0.2, 0) is 24.4 Å². The first-order valence-corrected chi connectivity index (χ1v) is 14.1. The fraction of sp³-hybridized carbons (Fsp3) is 0.344. The number of hydrogen-bond acceptors (Lipinski definition) is 7. The second-order valence-electron chi connectivity index (χ2n) is 10.7. The predicted octanol–water partition coefficient (Wildman–Crippen LogP) is 5.16. The van der Waals surface area contributed by atoms with E-state index in [4.69, 9.17) is 19.2 Å². The molecule has 2 fully saturated rings. The zero-order valence-electron chi connectivity index (χ0n) is 23.0. The van der Waals surface area contributed by atoms with Crippen LogP contribution in [0.3, 0.4) is 0 Å². The van der Waals surface area contributed by atoms with Crippen molar-refractivity contribution in [2.45, 2.75) is 51.2 Å². The van der Waals surface area contributed by atoms with E-state index in [2.05, 4.69) is 9.47 Å². The van der Waals surface area contributed by atoms with Crippen molar-refractivity contribution in [3.05, 3.63) is 89.0 Å². The van der Waals surface area contributed by atoms with E-state index in [1.165, 1.54) is 12.1 Å². The van der Waals surface area contributed by atoms with Gasteiger partial charge in [0.05, 0.1) is 47.4 Å². The van der Waals surface area contributed by atoms with E-state index in [0.29, 0.717) is 30.2 Å². The molecule has 0 saturated carbocycles. The Bertz CT molecular complexity index is 1640. The lowest BCUT2D eigenvalue weighted by molar-refractivity contribution is -0.0592. The molecule has 2 aliphatic rings. The van der Waals surface area contributed by atoms with Crippen molar-refractivity contribution in [2.75, 3.05) is 19.7 Å². The largest absolute Gasteiger partial charge is 0.490 e. The molecule has 9 nitrogen and oxygen atoms in total. The number of aromatic carboxylic acids is 1. The number of nitriles is 1. The number of aromatic nitrogens is 2. The number of ether oxygens (including phenoxy) is 3. The second-order valence-corrected chi connectivity index (χ2v) is 10.7. The third kappa shape index (κ3) is 6.22. The van der Waals surface area contributed by atoms with Gasteiger partial charge >= 0.3 is 5.97 Å². The van der Waals surface area contributed by atoms with Gasteiger partial charge in [0, 0.05) is 31.3 Å². The van der Waals surface area contributed by atoms with Crippen LogP contribution in [0.1, 0.15) is 46.6 Å². The molecule has 2 aliphatic heterocycles. The van der Waals surface area contributed by atoms with Crippen LogP contribution in [0.4, 0.5) is 4.39 Å². The molecule has 0 bridgehead atoms. The Morgan fingerprint density at radius 2 is 1.90 bits per heavy atom. The average Bonchev–Trinajstić information content (AvgIpc) is 3.31. The minimum absolute atomic E-state index is 0.0547. The van der Waals surface area contributed by atoms with Gasteiger partial charge in [0.15, 0.2) is 0 Å². The molecule has 0 spiro atoms. The van der Waals surface area contributed by atoms with Crippen molar-refractivity contribution in [2.24, 2.45) is 0 Å². The summed E-state index contributed by atoms with van der Waals surface area (Å²) in [6, 6.07) is 18.6. The molecule has 10 heteroatoms. The van der Waals surface area contributed by atoms with Gasteiger partial charge in [-0.3, -0.25) is 4.90 Å². The highest BCUT2D eigenvalue weighted by Gasteiger charge is 2.26. The molecule has 3 heterocycles. The van der Waals surface area contributed by atoms with Gasteiger partial charge in [-0.15, -0.1) is 0 Å². The highest BCUT2D eigenvalue weighted by molar-refractivity contribution is 5.92.